The molecule has 1 fully saturated rings. The summed E-state index contributed by atoms with van der Waals surface area (Å²) < 4.78 is 39.2. The number of pyridine rings is 1. The van der Waals surface area contributed by atoms with Gasteiger partial charge in [0.1, 0.15) is 5.82 Å². The maximum absolute atomic E-state index is 13.1. The van der Waals surface area contributed by atoms with Crippen molar-refractivity contribution in [1.29, 1.82) is 0 Å². The van der Waals surface area contributed by atoms with Crippen LogP contribution in [0.15, 0.2) is 18.3 Å². The summed E-state index contributed by atoms with van der Waals surface area (Å²) in [6.45, 7) is 3.04. The summed E-state index contributed by atoms with van der Waals surface area (Å²) in [6, 6.07) is 2.34. The molecule has 0 radical (unpaired) electrons. The summed E-state index contributed by atoms with van der Waals surface area (Å²) in [7, 11) is 0. The SMILES string of the molecule is CCC1CCN(c2ncccc2C(F)(F)F)C(CN)C1. The van der Waals surface area contributed by atoms with Crippen LogP contribution in [0.25, 0.3) is 0 Å². The minimum atomic E-state index is -4.38. The van der Waals surface area contributed by atoms with Gasteiger partial charge in [-0.3, -0.25) is 0 Å². The summed E-state index contributed by atoms with van der Waals surface area (Å²) in [6.07, 6.45) is -0.213. The lowest BCUT2D eigenvalue weighted by Crippen LogP contribution is -2.47. The molecule has 2 unspecified atom stereocenters. The summed E-state index contributed by atoms with van der Waals surface area (Å²) in [5.74, 6) is 0.558. The van der Waals surface area contributed by atoms with Crippen LogP contribution in [0.5, 0.6) is 0 Å². The molecular formula is C14H20F3N3. The van der Waals surface area contributed by atoms with Gasteiger partial charge >= 0.3 is 6.18 Å². The van der Waals surface area contributed by atoms with Crippen LogP contribution in [-0.2, 0) is 6.18 Å². The second-order valence-corrected chi connectivity index (χ2v) is 5.25. The summed E-state index contributed by atoms with van der Waals surface area (Å²) in [4.78, 5) is 5.70. The highest BCUT2D eigenvalue weighted by Gasteiger charge is 2.38. The van der Waals surface area contributed by atoms with Gasteiger partial charge in [-0.1, -0.05) is 13.3 Å². The fraction of sp³-hybridized carbons (Fsp3) is 0.643. The van der Waals surface area contributed by atoms with Crippen molar-refractivity contribution >= 4 is 5.82 Å². The fourth-order valence-corrected chi connectivity index (χ4v) is 2.85. The number of anilines is 1. The third-order valence-corrected chi connectivity index (χ3v) is 4.04. The van der Waals surface area contributed by atoms with Crippen molar-refractivity contribution < 1.29 is 13.2 Å². The Morgan fingerprint density at radius 1 is 1.45 bits per heavy atom. The molecule has 1 aromatic heterocycles. The summed E-state index contributed by atoms with van der Waals surface area (Å²) in [5, 5.41) is 0. The zero-order chi connectivity index (χ0) is 14.8. The normalized spacial score (nSPS) is 23.9. The van der Waals surface area contributed by atoms with Gasteiger partial charge in [-0.15, -0.1) is 0 Å². The molecule has 20 heavy (non-hydrogen) atoms. The highest BCUT2D eigenvalue weighted by atomic mass is 19.4. The van der Waals surface area contributed by atoms with Crippen LogP contribution in [0.3, 0.4) is 0 Å². The van der Waals surface area contributed by atoms with Gasteiger partial charge in [0, 0.05) is 25.3 Å². The predicted octanol–water partition coefficient (Wildman–Crippen LogP) is 3.05. The van der Waals surface area contributed by atoms with Gasteiger partial charge in [0.05, 0.1) is 5.56 Å². The number of aromatic nitrogens is 1. The average molecular weight is 287 g/mol. The van der Waals surface area contributed by atoms with E-state index in [2.05, 4.69) is 11.9 Å². The second kappa shape index (κ2) is 5.99. The molecule has 2 rings (SSSR count). The first-order valence-electron chi connectivity index (χ1n) is 6.96. The smallest absolute Gasteiger partial charge is 0.352 e. The molecule has 3 nitrogen and oxygen atoms in total. The summed E-state index contributed by atoms with van der Waals surface area (Å²) in [5.41, 5.74) is 5.08. The van der Waals surface area contributed by atoms with E-state index in [1.165, 1.54) is 12.3 Å². The minimum Gasteiger partial charge on any atom is -0.352 e. The number of nitrogens with two attached hydrogens (primary N) is 1. The van der Waals surface area contributed by atoms with Gasteiger partial charge in [-0.25, -0.2) is 4.98 Å². The van der Waals surface area contributed by atoms with E-state index in [4.69, 9.17) is 5.73 Å². The first-order valence-corrected chi connectivity index (χ1v) is 6.96. The van der Waals surface area contributed by atoms with E-state index >= 15 is 0 Å². The fourth-order valence-electron chi connectivity index (χ4n) is 2.85. The number of halogens is 3. The van der Waals surface area contributed by atoms with E-state index in [0.29, 0.717) is 19.0 Å². The first kappa shape index (κ1) is 15.1. The van der Waals surface area contributed by atoms with Crippen molar-refractivity contribution in [3.05, 3.63) is 23.9 Å². The molecule has 2 heterocycles. The number of nitrogens with zero attached hydrogens (tertiary/aromatic N) is 2. The third-order valence-electron chi connectivity index (χ3n) is 4.04. The molecule has 2 N–H and O–H groups in total. The largest absolute Gasteiger partial charge is 0.419 e. The van der Waals surface area contributed by atoms with Gasteiger partial charge in [0.15, 0.2) is 0 Å². The Hall–Kier alpha value is -1.30. The lowest BCUT2D eigenvalue weighted by molar-refractivity contribution is -0.137. The molecule has 0 aromatic carbocycles. The molecule has 0 aliphatic carbocycles. The lowest BCUT2D eigenvalue weighted by atomic mass is 9.88. The predicted molar refractivity (Wildman–Crippen MR) is 72.4 cm³/mol. The first-order chi connectivity index (χ1) is 9.47. The van der Waals surface area contributed by atoms with E-state index in [-0.39, 0.29) is 11.9 Å². The Kier molecular flexibility index (Phi) is 4.52. The standard InChI is InChI=1S/C14H20F3N3/c1-2-10-5-7-20(11(8-10)9-18)13-12(14(15,16)17)4-3-6-19-13/h3-4,6,10-11H,2,5,7-9,18H2,1H3. The second-order valence-electron chi connectivity index (χ2n) is 5.25. The van der Waals surface area contributed by atoms with Gasteiger partial charge < -0.3 is 10.6 Å². The van der Waals surface area contributed by atoms with Gasteiger partial charge in [-0.2, -0.15) is 13.2 Å². The molecule has 112 valence electrons. The zero-order valence-electron chi connectivity index (χ0n) is 11.5. The summed E-state index contributed by atoms with van der Waals surface area (Å²) >= 11 is 0. The average Bonchev–Trinajstić information content (AvgIpc) is 2.45. The number of hydrogen-bond donors (Lipinski definition) is 1. The minimum absolute atomic E-state index is 0.0185. The molecule has 1 saturated heterocycles. The molecule has 0 saturated carbocycles. The highest BCUT2D eigenvalue weighted by Crippen LogP contribution is 2.38. The quantitative estimate of drug-likeness (QED) is 0.929. The molecule has 1 aromatic rings. The van der Waals surface area contributed by atoms with E-state index in [1.807, 2.05) is 0 Å². The highest BCUT2D eigenvalue weighted by molar-refractivity contribution is 5.49. The van der Waals surface area contributed by atoms with Gasteiger partial charge in [-0.05, 0) is 30.9 Å². The number of alkyl halides is 3. The van der Waals surface area contributed by atoms with Gasteiger partial charge in [0.2, 0.25) is 0 Å². The Morgan fingerprint density at radius 3 is 2.80 bits per heavy atom. The molecule has 0 amide bonds. The zero-order valence-corrected chi connectivity index (χ0v) is 11.5. The topological polar surface area (TPSA) is 42.2 Å². The van der Waals surface area contributed by atoms with E-state index in [9.17, 15) is 13.2 Å². The molecule has 6 heteroatoms. The van der Waals surface area contributed by atoms with Crippen molar-refractivity contribution in [2.24, 2.45) is 11.7 Å². The number of piperidine rings is 1. The maximum atomic E-state index is 13.1. The molecule has 2 atom stereocenters. The Bertz CT molecular complexity index is 448. The van der Waals surface area contributed by atoms with Gasteiger partial charge in [0.25, 0.3) is 0 Å². The van der Waals surface area contributed by atoms with Crippen molar-refractivity contribution in [3.8, 4) is 0 Å². The van der Waals surface area contributed by atoms with Crippen LogP contribution in [0.2, 0.25) is 0 Å². The van der Waals surface area contributed by atoms with E-state index in [0.717, 1.165) is 25.3 Å². The number of hydrogen-bond acceptors (Lipinski definition) is 3. The van der Waals surface area contributed by atoms with Crippen LogP contribution < -0.4 is 10.6 Å². The van der Waals surface area contributed by atoms with Crippen LogP contribution in [0, 0.1) is 5.92 Å². The Balaban J connectivity index is 2.31. The van der Waals surface area contributed by atoms with Crippen molar-refractivity contribution in [3.63, 3.8) is 0 Å². The van der Waals surface area contributed by atoms with Crippen LogP contribution in [0.1, 0.15) is 31.7 Å². The van der Waals surface area contributed by atoms with Crippen molar-refractivity contribution in [2.75, 3.05) is 18.0 Å². The molecule has 1 aliphatic heterocycles. The Labute approximate surface area is 117 Å². The van der Waals surface area contributed by atoms with Crippen LogP contribution >= 0.6 is 0 Å². The molecular weight excluding hydrogens is 267 g/mol. The Morgan fingerprint density at radius 2 is 2.20 bits per heavy atom. The molecule has 1 aliphatic rings. The monoisotopic (exact) mass is 287 g/mol. The lowest BCUT2D eigenvalue weighted by Gasteiger charge is -2.40. The molecule has 0 bridgehead atoms. The van der Waals surface area contributed by atoms with Crippen molar-refractivity contribution in [2.45, 2.75) is 38.4 Å². The van der Waals surface area contributed by atoms with E-state index < -0.39 is 11.7 Å². The number of rotatable bonds is 3. The van der Waals surface area contributed by atoms with Crippen LogP contribution in [-0.4, -0.2) is 24.1 Å². The maximum Gasteiger partial charge on any atom is 0.419 e. The molecule has 0 spiro atoms. The third kappa shape index (κ3) is 3.06. The van der Waals surface area contributed by atoms with E-state index in [1.54, 1.807) is 4.90 Å². The van der Waals surface area contributed by atoms with Crippen LogP contribution in [0.4, 0.5) is 19.0 Å². The van der Waals surface area contributed by atoms with Crippen molar-refractivity contribution in [1.82, 2.24) is 4.98 Å².